The van der Waals surface area contributed by atoms with Crippen molar-refractivity contribution in [2.45, 2.75) is 38.1 Å². The lowest BCUT2D eigenvalue weighted by Gasteiger charge is -2.28. The Balaban J connectivity index is 1.78. The monoisotopic (exact) mass is 271 g/mol. The zero-order chi connectivity index (χ0) is 13.7. The van der Waals surface area contributed by atoms with Crippen LogP contribution in [0.3, 0.4) is 0 Å². The van der Waals surface area contributed by atoms with Crippen molar-refractivity contribution < 1.29 is 19.0 Å². The highest BCUT2D eigenvalue weighted by atomic mass is 16.5. The van der Waals surface area contributed by atoms with Gasteiger partial charge in [-0.2, -0.15) is 0 Å². The van der Waals surface area contributed by atoms with E-state index >= 15 is 0 Å². The minimum Gasteiger partial charge on any atom is -0.465 e. The van der Waals surface area contributed by atoms with E-state index in [2.05, 4.69) is 0 Å². The van der Waals surface area contributed by atoms with Crippen molar-refractivity contribution in [1.29, 1.82) is 0 Å². The number of hydrogen-bond donors (Lipinski definition) is 1. The third-order valence-corrected chi connectivity index (χ3v) is 4.00. The Morgan fingerprint density at radius 2 is 2.00 bits per heavy atom. The van der Waals surface area contributed by atoms with Gasteiger partial charge in [-0.15, -0.1) is 0 Å². The number of carbonyl (C=O) groups is 1. The number of carbonyl (C=O) groups excluding carboxylic acids is 1. The van der Waals surface area contributed by atoms with Crippen LogP contribution in [0.5, 0.6) is 0 Å². The molecule has 0 amide bonds. The second-order valence-electron chi connectivity index (χ2n) is 5.61. The Labute approximate surface area is 114 Å². The summed E-state index contributed by atoms with van der Waals surface area (Å²) in [5.41, 5.74) is 5.28. The van der Waals surface area contributed by atoms with Gasteiger partial charge in [-0.3, -0.25) is 0 Å². The van der Waals surface area contributed by atoms with Gasteiger partial charge in [0.05, 0.1) is 13.2 Å². The molecule has 2 aliphatic rings. The Kier molecular flexibility index (Phi) is 5.19. The largest absolute Gasteiger partial charge is 0.465 e. The zero-order valence-electron chi connectivity index (χ0n) is 11.7. The van der Waals surface area contributed by atoms with Crippen LogP contribution in [0.1, 0.15) is 32.6 Å². The van der Waals surface area contributed by atoms with E-state index < -0.39 is 5.54 Å². The van der Waals surface area contributed by atoms with Crippen molar-refractivity contribution in [3.05, 3.63) is 0 Å². The van der Waals surface area contributed by atoms with E-state index in [1.165, 1.54) is 0 Å². The molecule has 110 valence electrons. The third-order valence-electron chi connectivity index (χ3n) is 4.00. The first-order valence-electron chi connectivity index (χ1n) is 7.28. The second kappa shape index (κ2) is 6.68. The fourth-order valence-electron chi connectivity index (χ4n) is 2.51. The summed E-state index contributed by atoms with van der Waals surface area (Å²) in [5.74, 6) is 0.435. The summed E-state index contributed by atoms with van der Waals surface area (Å²) in [6.07, 6.45) is 4.05. The molecule has 0 aromatic heterocycles. The predicted octanol–water partition coefficient (Wildman–Crippen LogP) is 1.10. The minimum atomic E-state index is -0.943. The standard InChI is InChI=1S/C14H25NO4/c1-2-19-13(16)14(15,12-3-4-12)10-18-9-11-5-7-17-8-6-11/h11-12H,2-10,15H2,1H3. The summed E-state index contributed by atoms with van der Waals surface area (Å²) >= 11 is 0. The molecule has 2 N–H and O–H groups in total. The van der Waals surface area contributed by atoms with Gasteiger partial charge in [-0.05, 0) is 44.4 Å². The molecular formula is C14H25NO4. The maximum atomic E-state index is 12.0. The fraction of sp³-hybridized carbons (Fsp3) is 0.929. The smallest absolute Gasteiger partial charge is 0.328 e. The Bertz CT molecular complexity index is 300. The molecule has 1 saturated carbocycles. The van der Waals surface area contributed by atoms with Crippen LogP contribution in [-0.4, -0.2) is 44.5 Å². The molecule has 1 heterocycles. The second-order valence-corrected chi connectivity index (χ2v) is 5.61. The molecule has 19 heavy (non-hydrogen) atoms. The van der Waals surface area contributed by atoms with Gasteiger partial charge in [0.25, 0.3) is 0 Å². The third kappa shape index (κ3) is 3.91. The van der Waals surface area contributed by atoms with Crippen molar-refractivity contribution in [2.24, 2.45) is 17.6 Å². The number of nitrogens with two attached hydrogens (primary N) is 1. The lowest BCUT2D eigenvalue weighted by atomic mass is 9.95. The topological polar surface area (TPSA) is 70.8 Å². The van der Waals surface area contributed by atoms with Gasteiger partial charge in [0.15, 0.2) is 0 Å². The first-order valence-corrected chi connectivity index (χ1v) is 7.28. The number of rotatable bonds is 7. The molecule has 2 rings (SSSR count). The van der Waals surface area contributed by atoms with E-state index in [0.29, 0.717) is 19.1 Å². The highest BCUT2D eigenvalue weighted by Gasteiger charge is 2.49. The van der Waals surface area contributed by atoms with E-state index in [4.69, 9.17) is 19.9 Å². The molecule has 2 fully saturated rings. The van der Waals surface area contributed by atoms with Crippen molar-refractivity contribution in [3.63, 3.8) is 0 Å². The van der Waals surface area contributed by atoms with Crippen LogP contribution < -0.4 is 5.73 Å². The average Bonchev–Trinajstić information content (AvgIpc) is 3.24. The van der Waals surface area contributed by atoms with E-state index in [9.17, 15) is 4.79 Å². The lowest BCUT2D eigenvalue weighted by molar-refractivity contribution is -0.153. The number of esters is 1. The van der Waals surface area contributed by atoms with Crippen LogP contribution in [0.4, 0.5) is 0 Å². The van der Waals surface area contributed by atoms with Gasteiger partial charge >= 0.3 is 5.97 Å². The summed E-state index contributed by atoms with van der Waals surface area (Å²) < 4.78 is 16.1. The molecule has 0 radical (unpaired) electrons. The first kappa shape index (κ1) is 14.8. The molecule has 5 nitrogen and oxygen atoms in total. The molecule has 1 saturated heterocycles. The van der Waals surface area contributed by atoms with Crippen LogP contribution in [0.15, 0.2) is 0 Å². The minimum absolute atomic E-state index is 0.223. The fourth-order valence-corrected chi connectivity index (χ4v) is 2.51. The summed E-state index contributed by atoms with van der Waals surface area (Å²) in [7, 11) is 0. The quantitative estimate of drug-likeness (QED) is 0.702. The molecule has 1 unspecified atom stereocenters. The van der Waals surface area contributed by atoms with Gasteiger partial charge in [0, 0.05) is 19.8 Å². The van der Waals surface area contributed by atoms with Gasteiger partial charge in [-0.1, -0.05) is 0 Å². The normalized spacial score (nSPS) is 23.9. The van der Waals surface area contributed by atoms with Crippen LogP contribution in [-0.2, 0) is 19.0 Å². The van der Waals surface area contributed by atoms with E-state index in [1.54, 1.807) is 6.92 Å². The van der Waals surface area contributed by atoms with Gasteiger partial charge in [0.1, 0.15) is 5.54 Å². The average molecular weight is 271 g/mol. The van der Waals surface area contributed by atoms with Gasteiger partial charge < -0.3 is 19.9 Å². The van der Waals surface area contributed by atoms with E-state index in [1.807, 2.05) is 0 Å². The van der Waals surface area contributed by atoms with Crippen molar-refractivity contribution >= 4 is 5.97 Å². The Hall–Kier alpha value is -0.650. The molecule has 1 atom stereocenters. The Morgan fingerprint density at radius 3 is 2.58 bits per heavy atom. The summed E-state index contributed by atoms with van der Waals surface area (Å²) in [6, 6.07) is 0. The van der Waals surface area contributed by atoms with Crippen molar-refractivity contribution in [3.8, 4) is 0 Å². The Morgan fingerprint density at radius 1 is 1.32 bits per heavy atom. The lowest BCUT2D eigenvalue weighted by Crippen LogP contribution is -2.55. The highest BCUT2D eigenvalue weighted by molar-refractivity contribution is 5.81. The first-order chi connectivity index (χ1) is 9.16. The summed E-state index contributed by atoms with van der Waals surface area (Å²) in [5, 5.41) is 0. The molecule has 1 aliphatic heterocycles. The van der Waals surface area contributed by atoms with E-state index in [0.717, 1.165) is 38.9 Å². The highest BCUT2D eigenvalue weighted by Crippen LogP contribution is 2.39. The molecular weight excluding hydrogens is 246 g/mol. The number of hydrogen-bond acceptors (Lipinski definition) is 5. The van der Waals surface area contributed by atoms with Crippen LogP contribution in [0, 0.1) is 11.8 Å². The molecule has 0 aromatic rings. The van der Waals surface area contributed by atoms with Gasteiger partial charge in [-0.25, -0.2) is 4.79 Å². The number of ether oxygens (including phenoxy) is 3. The van der Waals surface area contributed by atoms with Crippen molar-refractivity contribution in [1.82, 2.24) is 0 Å². The molecule has 1 aliphatic carbocycles. The van der Waals surface area contributed by atoms with Crippen LogP contribution >= 0.6 is 0 Å². The predicted molar refractivity (Wildman–Crippen MR) is 70.6 cm³/mol. The molecule has 0 bridgehead atoms. The molecule has 5 heteroatoms. The summed E-state index contributed by atoms with van der Waals surface area (Å²) in [4.78, 5) is 12.0. The zero-order valence-corrected chi connectivity index (χ0v) is 11.7. The SMILES string of the molecule is CCOC(=O)C(N)(COCC1CCOCC1)C1CC1. The van der Waals surface area contributed by atoms with Gasteiger partial charge in [0.2, 0.25) is 0 Å². The molecule has 0 aromatic carbocycles. The maximum absolute atomic E-state index is 12.0. The van der Waals surface area contributed by atoms with E-state index in [-0.39, 0.29) is 18.5 Å². The van der Waals surface area contributed by atoms with Crippen molar-refractivity contribution in [2.75, 3.05) is 33.0 Å². The van der Waals surface area contributed by atoms with Crippen LogP contribution in [0.25, 0.3) is 0 Å². The maximum Gasteiger partial charge on any atom is 0.328 e. The van der Waals surface area contributed by atoms with Crippen LogP contribution in [0.2, 0.25) is 0 Å². The summed E-state index contributed by atoms with van der Waals surface area (Å²) in [6.45, 7) is 4.71. The molecule has 0 spiro atoms.